The Kier molecular flexibility index (Phi) is 8.29. The smallest absolute Gasteiger partial charge is 0.307 e. The maximum absolute atomic E-state index is 12.6. The van der Waals surface area contributed by atoms with Gasteiger partial charge in [-0.3, -0.25) is 19.9 Å². The molecule has 0 aliphatic carbocycles. The summed E-state index contributed by atoms with van der Waals surface area (Å²) in [5, 5.41) is 10.4. The Morgan fingerprint density at radius 1 is 1.11 bits per heavy atom. The molecule has 36 heavy (non-hydrogen) atoms. The molecule has 1 aliphatic rings. The highest BCUT2D eigenvalue weighted by molar-refractivity contribution is 5.98. The van der Waals surface area contributed by atoms with Crippen LogP contribution in [0.25, 0.3) is 22.4 Å². The molecule has 1 fully saturated rings. The summed E-state index contributed by atoms with van der Waals surface area (Å²) in [6, 6.07) is 12.9. The molecule has 0 atom stereocenters. The molecule has 190 valence electrons. The first kappa shape index (κ1) is 25.3. The number of amides is 1. The quantitative estimate of drug-likeness (QED) is 0.224. The summed E-state index contributed by atoms with van der Waals surface area (Å²) >= 11 is 0. The summed E-state index contributed by atoms with van der Waals surface area (Å²) in [5.41, 5.74) is 9.31. The third kappa shape index (κ3) is 6.07. The third-order valence-electron chi connectivity index (χ3n) is 6.27. The van der Waals surface area contributed by atoms with Crippen molar-refractivity contribution in [1.82, 2.24) is 19.8 Å². The second-order valence-electron chi connectivity index (χ2n) is 8.67. The summed E-state index contributed by atoms with van der Waals surface area (Å²) in [5.74, 6) is 0.172. The standard InChI is InChI=1S/C26H32N6O4/c1-35-23(33)9-10-29-26(34)20-7-8-22-21(17-20)30-25(19-5-3-18(4-6-19)24(27)28)32(22)12-2-11-31-13-15-36-16-14-31/h3-8,17H,2,9-16H2,1H3,(H3,27,28)(H,29,34). The number of rotatable bonds is 10. The number of amidine groups is 1. The highest BCUT2D eigenvalue weighted by Gasteiger charge is 2.17. The number of aromatic nitrogens is 2. The number of morpholine rings is 1. The van der Waals surface area contributed by atoms with Crippen LogP contribution in [0, 0.1) is 5.41 Å². The van der Waals surface area contributed by atoms with Gasteiger partial charge in [0.15, 0.2) is 0 Å². The van der Waals surface area contributed by atoms with Crippen LogP contribution in [-0.2, 0) is 20.8 Å². The molecule has 2 aromatic carbocycles. The van der Waals surface area contributed by atoms with E-state index in [1.807, 2.05) is 30.3 Å². The maximum Gasteiger partial charge on any atom is 0.307 e. The van der Waals surface area contributed by atoms with Crippen molar-refractivity contribution in [2.24, 2.45) is 5.73 Å². The minimum atomic E-state index is -0.373. The van der Waals surface area contributed by atoms with Crippen LogP contribution in [-0.4, -0.2) is 78.7 Å². The number of esters is 1. The molecule has 1 aromatic heterocycles. The van der Waals surface area contributed by atoms with Crippen molar-refractivity contribution in [3.8, 4) is 11.4 Å². The summed E-state index contributed by atoms with van der Waals surface area (Å²) < 4.78 is 12.2. The summed E-state index contributed by atoms with van der Waals surface area (Å²) in [6.45, 7) is 5.36. The van der Waals surface area contributed by atoms with Gasteiger partial charge < -0.3 is 25.1 Å². The highest BCUT2D eigenvalue weighted by Crippen LogP contribution is 2.26. The van der Waals surface area contributed by atoms with Gasteiger partial charge in [-0.25, -0.2) is 4.98 Å². The van der Waals surface area contributed by atoms with Gasteiger partial charge >= 0.3 is 5.97 Å². The van der Waals surface area contributed by atoms with Crippen molar-refractivity contribution >= 4 is 28.7 Å². The lowest BCUT2D eigenvalue weighted by atomic mass is 10.1. The van der Waals surface area contributed by atoms with Crippen LogP contribution in [0.3, 0.4) is 0 Å². The molecule has 0 spiro atoms. The second kappa shape index (κ2) is 11.8. The first-order chi connectivity index (χ1) is 17.5. The fourth-order valence-electron chi connectivity index (χ4n) is 4.28. The van der Waals surface area contributed by atoms with E-state index in [1.54, 1.807) is 12.1 Å². The first-order valence-corrected chi connectivity index (χ1v) is 12.1. The topological polar surface area (TPSA) is 136 Å². The van der Waals surface area contributed by atoms with E-state index in [9.17, 15) is 9.59 Å². The number of aryl methyl sites for hydroxylation is 1. The lowest BCUT2D eigenvalue weighted by Crippen LogP contribution is -2.37. The molecule has 10 nitrogen and oxygen atoms in total. The SMILES string of the molecule is COC(=O)CCNC(=O)c1ccc2c(c1)nc(-c1ccc(C(=N)N)cc1)n2CCCN1CCOCC1. The van der Waals surface area contributed by atoms with Gasteiger partial charge in [-0.1, -0.05) is 24.3 Å². The van der Waals surface area contributed by atoms with Crippen molar-refractivity contribution in [1.29, 1.82) is 5.41 Å². The predicted molar refractivity (Wildman–Crippen MR) is 137 cm³/mol. The molecular weight excluding hydrogens is 460 g/mol. The Morgan fingerprint density at radius 2 is 1.83 bits per heavy atom. The maximum atomic E-state index is 12.6. The van der Waals surface area contributed by atoms with Crippen LogP contribution >= 0.6 is 0 Å². The number of carbonyl (C=O) groups excluding carboxylic acids is 2. The minimum absolute atomic E-state index is 0.0171. The number of nitrogen functional groups attached to an aromatic ring is 1. The number of hydrogen-bond acceptors (Lipinski definition) is 7. The second-order valence-corrected chi connectivity index (χ2v) is 8.67. The zero-order valence-corrected chi connectivity index (χ0v) is 20.5. The molecule has 4 N–H and O–H groups in total. The molecule has 4 rings (SSSR count). The number of methoxy groups -OCH3 is 1. The number of nitrogens with one attached hydrogen (secondary N) is 2. The van der Waals surface area contributed by atoms with Crippen LogP contribution in [0.2, 0.25) is 0 Å². The van der Waals surface area contributed by atoms with Crippen molar-refractivity contribution < 1.29 is 19.1 Å². The molecular formula is C26H32N6O4. The molecule has 0 unspecified atom stereocenters. The monoisotopic (exact) mass is 492 g/mol. The number of hydrogen-bond donors (Lipinski definition) is 3. The van der Waals surface area contributed by atoms with Crippen LogP contribution in [0.5, 0.6) is 0 Å². The number of imidazole rings is 1. The zero-order chi connectivity index (χ0) is 25.5. The number of nitrogens with zero attached hydrogens (tertiary/aromatic N) is 3. The average Bonchev–Trinajstić information content (AvgIpc) is 3.26. The third-order valence-corrected chi connectivity index (χ3v) is 6.27. The summed E-state index contributed by atoms with van der Waals surface area (Å²) in [4.78, 5) is 31.2. The van der Waals surface area contributed by atoms with E-state index in [0.29, 0.717) is 16.6 Å². The molecule has 1 saturated heterocycles. The largest absolute Gasteiger partial charge is 0.469 e. The number of fused-ring (bicyclic) bond motifs is 1. The van der Waals surface area contributed by atoms with Crippen LogP contribution in [0.15, 0.2) is 42.5 Å². The number of carbonyl (C=O) groups is 2. The molecule has 2 heterocycles. The van der Waals surface area contributed by atoms with Gasteiger partial charge in [0.2, 0.25) is 0 Å². The van der Waals surface area contributed by atoms with E-state index in [0.717, 1.165) is 62.7 Å². The molecule has 10 heteroatoms. The van der Waals surface area contributed by atoms with Gasteiger partial charge in [0.1, 0.15) is 11.7 Å². The molecule has 1 amide bonds. The first-order valence-electron chi connectivity index (χ1n) is 12.1. The fraction of sp³-hybridized carbons (Fsp3) is 0.385. The van der Waals surface area contributed by atoms with Crippen LogP contribution in [0.1, 0.15) is 28.8 Å². The summed E-state index contributed by atoms with van der Waals surface area (Å²) in [7, 11) is 1.32. The van der Waals surface area contributed by atoms with Gasteiger partial charge in [-0.05, 0) is 24.6 Å². The lowest BCUT2D eigenvalue weighted by molar-refractivity contribution is -0.140. The molecule has 0 radical (unpaired) electrons. The Bertz CT molecular complexity index is 1230. The predicted octanol–water partition coefficient (Wildman–Crippen LogP) is 2.00. The molecule has 0 saturated carbocycles. The van der Waals surface area contributed by atoms with Crippen molar-refractivity contribution in [3.05, 3.63) is 53.6 Å². The van der Waals surface area contributed by atoms with Gasteiger partial charge in [-0.15, -0.1) is 0 Å². The average molecular weight is 493 g/mol. The van der Waals surface area contributed by atoms with Gasteiger partial charge in [0.25, 0.3) is 5.91 Å². The van der Waals surface area contributed by atoms with E-state index < -0.39 is 0 Å². The number of ether oxygens (including phenoxy) is 2. The van der Waals surface area contributed by atoms with Crippen LogP contribution < -0.4 is 11.1 Å². The lowest BCUT2D eigenvalue weighted by Gasteiger charge is -2.26. The Morgan fingerprint density at radius 3 is 2.53 bits per heavy atom. The Hall–Kier alpha value is -3.76. The van der Waals surface area contributed by atoms with Crippen LogP contribution in [0.4, 0.5) is 0 Å². The van der Waals surface area contributed by atoms with Gasteiger partial charge in [-0.2, -0.15) is 0 Å². The highest BCUT2D eigenvalue weighted by atomic mass is 16.5. The summed E-state index contributed by atoms with van der Waals surface area (Å²) in [6.07, 6.45) is 1.06. The van der Waals surface area contributed by atoms with Crippen molar-refractivity contribution in [2.45, 2.75) is 19.4 Å². The Labute approximate surface area is 209 Å². The van der Waals surface area contributed by atoms with E-state index in [-0.39, 0.29) is 30.7 Å². The molecule has 3 aromatic rings. The molecule has 1 aliphatic heterocycles. The van der Waals surface area contributed by atoms with E-state index in [4.69, 9.17) is 20.9 Å². The Balaban J connectivity index is 1.58. The number of nitrogens with two attached hydrogens (primary N) is 1. The minimum Gasteiger partial charge on any atom is -0.469 e. The fourth-order valence-corrected chi connectivity index (χ4v) is 4.28. The van der Waals surface area contributed by atoms with Crippen molar-refractivity contribution in [3.63, 3.8) is 0 Å². The number of benzene rings is 2. The normalized spacial score (nSPS) is 14.0. The van der Waals surface area contributed by atoms with Gasteiger partial charge in [0.05, 0.1) is 37.8 Å². The van der Waals surface area contributed by atoms with E-state index >= 15 is 0 Å². The van der Waals surface area contributed by atoms with Crippen molar-refractivity contribution in [2.75, 3.05) is 46.5 Å². The molecule has 0 bridgehead atoms. The van der Waals surface area contributed by atoms with Gasteiger partial charge in [0, 0.05) is 49.4 Å². The van der Waals surface area contributed by atoms with E-state index in [2.05, 4.69) is 19.5 Å². The zero-order valence-electron chi connectivity index (χ0n) is 20.5. The van der Waals surface area contributed by atoms with E-state index in [1.165, 1.54) is 7.11 Å².